The average molecular weight is 424 g/mol. The van der Waals surface area contributed by atoms with Crippen LogP contribution in [-0.4, -0.2) is 40.9 Å². The van der Waals surface area contributed by atoms with Gasteiger partial charge in [0.05, 0.1) is 22.8 Å². The number of amides is 1. The standard InChI is InChI=1S/C20H21N7O2S/c1-13-21-15(12-30-13)11-27-20(29)25-9-7-14(5-6-18(25)24-27)22-19(28)17-10-16-4-2-3-8-26(16)23-17/h2-4,8,10,12,14H,5-7,9,11H2,1H3,(H,22,28). The Labute approximate surface area is 176 Å². The molecule has 4 aromatic heterocycles. The predicted molar refractivity (Wildman–Crippen MR) is 112 cm³/mol. The molecule has 1 aliphatic rings. The van der Waals surface area contributed by atoms with E-state index in [4.69, 9.17) is 0 Å². The normalized spacial score (nSPS) is 16.4. The molecule has 9 nitrogen and oxygen atoms in total. The van der Waals surface area contributed by atoms with Crippen LogP contribution in [0.4, 0.5) is 0 Å². The van der Waals surface area contributed by atoms with E-state index in [2.05, 4.69) is 20.5 Å². The summed E-state index contributed by atoms with van der Waals surface area (Å²) in [6.45, 7) is 2.86. The highest BCUT2D eigenvalue weighted by Gasteiger charge is 2.23. The summed E-state index contributed by atoms with van der Waals surface area (Å²) in [7, 11) is 0. The van der Waals surface area contributed by atoms with Crippen LogP contribution in [0.3, 0.4) is 0 Å². The minimum atomic E-state index is -0.195. The molecule has 0 fully saturated rings. The van der Waals surface area contributed by atoms with Crippen molar-refractivity contribution in [2.45, 2.75) is 45.3 Å². The van der Waals surface area contributed by atoms with Crippen molar-refractivity contribution in [3.05, 3.63) is 68.5 Å². The molecule has 0 saturated carbocycles. The van der Waals surface area contributed by atoms with Crippen LogP contribution in [0, 0.1) is 6.92 Å². The SMILES string of the molecule is Cc1nc(Cn2nc3n(c2=O)CCC(NC(=O)c2cc4ccccn4n2)CC3)cs1. The van der Waals surface area contributed by atoms with E-state index in [-0.39, 0.29) is 17.6 Å². The summed E-state index contributed by atoms with van der Waals surface area (Å²) in [5.74, 6) is 0.566. The molecule has 1 N–H and O–H groups in total. The topological polar surface area (TPSA) is 99.1 Å². The number of fused-ring (bicyclic) bond motifs is 2. The fourth-order valence-electron chi connectivity index (χ4n) is 3.82. The molecule has 1 unspecified atom stereocenters. The molecule has 0 radical (unpaired) electrons. The molecule has 5 heterocycles. The Morgan fingerprint density at radius 2 is 2.20 bits per heavy atom. The van der Waals surface area contributed by atoms with Crippen molar-refractivity contribution in [2.75, 3.05) is 0 Å². The summed E-state index contributed by atoms with van der Waals surface area (Å²) in [5, 5.41) is 14.8. The number of carbonyl (C=O) groups is 1. The van der Waals surface area contributed by atoms with Crippen molar-refractivity contribution in [2.24, 2.45) is 0 Å². The third kappa shape index (κ3) is 3.54. The second-order valence-corrected chi connectivity index (χ2v) is 8.53. The van der Waals surface area contributed by atoms with Gasteiger partial charge >= 0.3 is 5.69 Å². The number of carbonyl (C=O) groups excluding carboxylic acids is 1. The minimum Gasteiger partial charge on any atom is -0.348 e. The fourth-order valence-corrected chi connectivity index (χ4v) is 4.42. The van der Waals surface area contributed by atoms with Crippen molar-refractivity contribution in [3.8, 4) is 0 Å². The Balaban J connectivity index is 1.26. The highest BCUT2D eigenvalue weighted by molar-refractivity contribution is 7.09. The van der Waals surface area contributed by atoms with Crippen LogP contribution in [0.15, 0.2) is 40.6 Å². The predicted octanol–water partition coefficient (Wildman–Crippen LogP) is 1.64. The van der Waals surface area contributed by atoms with Gasteiger partial charge in [-0.15, -0.1) is 11.3 Å². The fraction of sp³-hybridized carbons (Fsp3) is 0.350. The Morgan fingerprint density at radius 3 is 3.00 bits per heavy atom. The molecule has 5 rings (SSSR count). The van der Waals surface area contributed by atoms with Crippen molar-refractivity contribution in [1.82, 2.24) is 34.3 Å². The van der Waals surface area contributed by atoms with E-state index >= 15 is 0 Å². The average Bonchev–Trinajstić information content (AvgIpc) is 3.39. The van der Waals surface area contributed by atoms with Gasteiger partial charge in [0.15, 0.2) is 5.69 Å². The van der Waals surface area contributed by atoms with Gasteiger partial charge in [0.1, 0.15) is 5.82 Å². The van der Waals surface area contributed by atoms with Gasteiger partial charge in [-0.3, -0.25) is 9.36 Å². The lowest BCUT2D eigenvalue weighted by atomic mass is 10.1. The summed E-state index contributed by atoms with van der Waals surface area (Å²) >= 11 is 1.57. The third-order valence-corrected chi connectivity index (χ3v) is 6.16. The highest BCUT2D eigenvalue weighted by atomic mass is 32.1. The van der Waals surface area contributed by atoms with Gasteiger partial charge in [0.25, 0.3) is 5.91 Å². The molecule has 0 saturated heterocycles. The number of rotatable bonds is 4. The minimum absolute atomic E-state index is 0.0296. The first-order chi connectivity index (χ1) is 14.6. The summed E-state index contributed by atoms with van der Waals surface area (Å²) < 4.78 is 4.89. The van der Waals surface area contributed by atoms with Crippen LogP contribution in [0.25, 0.3) is 5.52 Å². The molecule has 0 bridgehead atoms. The Hall–Kier alpha value is -3.27. The molecule has 1 amide bonds. The third-order valence-electron chi connectivity index (χ3n) is 5.33. The van der Waals surface area contributed by atoms with E-state index in [0.717, 1.165) is 28.5 Å². The van der Waals surface area contributed by atoms with E-state index in [1.54, 1.807) is 26.5 Å². The molecule has 0 aliphatic carbocycles. The molecular weight excluding hydrogens is 402 g/mol. The Kier molecular flexibility index (Phi) is 4.70. The maximum Gasteiger partial charge on any atom is 0.346 e. The second kappa shape index (κ2) is 7.52. The van der Waals surface area contributed by atoms with Crippen LogP contribution in [0.2, 0.25) is 0 Å². The number of nitrogens with one attached hydrogen (secondary N) is 1. The van der Waals surface area contributed by atoms with Gasteiger partial charge in [-0.1, -0.05) is 6.07 Å². The lowest BCUT2D eigenvalue weighted by Crippen LogP contribution is -2.36. The number of pyridine rings is 1. The Bertz CT molecular complexity index is 1250. The van der Waals surface area contributed by atoms with Crippen molar-refractivity contribution in [3.63, 3.8) is 0 Å². The lowest BCUT2D eigenvalue weighted by Gasteiger charge is -2.15. The smallest absolute Gasteiger partial charge is 0.346 e. The molecule has 0 aromatic carbocycles. The Morgan fingerprint density at radius 1 is 1.30 bits per heavy atom. The number of aromatic nitrogens is 6. The van der Waals surface area contributed by atoms with Crippen molar-refractivity contribution in [1.29, 1.82) is 0 Å². The number of hydrogen-bond donors (Lipinski definition) is 1. The largest absolute Gasteiger partial charge is 0.348 e. The van der Waals surface area contributed by atoms with Gasteiger partial charge in [0, 0.05) is 30.6 Å². The zero-order chi connectivity index (χ0) is 20.7. The highest BCUT2D eigenvalue weighted by Crippen LogP contribution is 2.14. The quantitative estimate of drug-likeness (QED) is 0.538. The maximum absolute atomic E-state index is 12.8. The van der Waals surface area contributed by atoms with Gasteiger partial charge in [-0.05, 0) is 38.0 Å². The van der Waals surface area contributed by atoms with E-state index < -0.39 is 0 Å². The molecule has 30 heavy (non-hydrogen) atoms. The molecule has 1 aliphatic heterocycles. The first-order valence-corrected chi connectivity index (χ1v) is 10.8. The molecular formula is C20H21N7O2S. The zero-order valence-electron chi connectivity index (χ0n) is 16.5. The van der Waals surface area contributed by atoms with E-state index in [9.17, 15) is 9.59 Å². The molecule has 1 atom stereocenters. The second-order valence-electron chi connectivity index (χ2n) is 7.46. The van der Waals surface area contributed by atoms with E-state index in [1.807, 2.05) is 36.7 Å². The number of nitrogens with zero attached hydrogens (tertiary/aromatic N) is 6. The number of thiazole rings is 1. The number of hydrogen-bond acceptors (Lipinski definition) is 6. The van der Waals surface area contributed by atoms with E-state index in [1.165, 1.54) is 4.68 Å². The van der Waals surface area contributed by atoms with Crippen LogP contribution in [0.1, 0.15) is 39.9 Å². The lowest BCUT2D eigenvalue weighted by molar-refractivity contribution is 0.0927. The monoisotopic (exact) mass is 423 g/mol. The van der Waals surface area contributed by atoms with Gasteiger partial charge in [-0.2, -0.15) is 10.2 Å². The molecule has 0 spiro atoms. The molecule has 154 valence electrons. The summed E-state index contributed by atoms with van der Waals surface area (Å²) in [6.07, 6.45) is 3.85. The van der Waals surface area contributed by atoms with Crippen molar-refractivity contribution >= 4 is 22.8 Å². The first-order valence-electron chi connectivity index (χ1n) is 9.89. The molecule has 4 aromatic rings. The van der Waals surface area contributed by atoms with Gasteiger partial charge < -0.3 is 5.32 Å². The summed E-state index contributed by atoms with van der Waals surface area (Å²) in [5.41, 5.74) is 2.00. The summed E-state index contributed by atoms with van der Waals surface area (Å²) in [4.78, 5) is 29.8. The van der Waals surface area contributed by atoms with Gasteiger partial charge in [0.2, 0.25) is 0 Å². The molecule has 10 heteroatoms. The van der Waals surface area contributed by atoms with E-state index in [0.29, 0.717) is 31.6 Å². The maximum atomic E-state index is 12.8. The van der Waals surface area contributed by atoms with Gasteiger partial charge in [-0.25, -0.2) is 19.0 Å². The number of aryl methyl sites for hydroxylation is 2. The first kappa shape index (κ1) is 18.7. The zero-order valence-corrected chi connectivity index (χ0v) is 17.3. The van der Waals surface area contributed by atoms with Crippen molar-refractivity contribution < 1.29 is 4.79 Å². The summed E-state index contributed by atoms with van der Waals surface area (Å²) in [6, 6.07) is 7.44. The van der Waals surface area contributed by atoms with Crippen LogP contribution < -0.4 is 11.0 Å². The van der Waals surface area contributed by atoms with Crippen LogP contribution in [0.5, 0.6) is 0 Å². The van der Waals surface area contributed by atoms with Crippen LogP contribution in [-0.2, 0) is 19.5 Å². The van der Waals surface area contributed by atoms with Crippen LogP contribution >= 0.6 is 11.3 Å².